The number of hydrogen-bond acceptors (Lipinski definition) is 4. The van der Waals surface area contributed by atoms with Crippen LogP contribution in [0.5, 0.6) is 0 Å². The summed E-state index contributed by atoms with van der Waals surface area (Å²) >= 11 is 5.91. The number of aliphatic hydroxyl groups is 1. The van der Waals surface area contributed by atoms with Gasteiger partial charge in [0.25, 0.3) is 5.56 Å². The number of aryl methyl sites for hydroxylation is 1. The van der Waals surface area contributed by atoms with Crippen LogP contribution in [-0.2, 0) is 7.05 Å². The van der Waals surface area contributed by atoms with Gasteiger partial charge in [0.2, 0.25) is 0 Å². The van der Waals surface area contributed by atoms with Crippen molar-refractivity contribution in [3.63, 3.8) is 0 Å². The molecule has 2 aromatic rings. The lowest BCUT2D eigenvalue weighted by atomic mass is 10.1. The topological polar surface area (TPSA) is 67.2 Å². The number of nitrogens with zero attached hydrogens (tertiary/aromatic N) is 2. The number of rotatable bonds is 4. The number of nitrogens with one attached hydrogen (secondary N) is 1. The van der Waals surface area contributed by atoms with Crippen LogP contribution in [0.4, 0.5) is 5.69 Å². The monoisotopic (exact) mass is 279 g/mol. The van der Waals surface area contributed by atoms with Crippen molar-refractivity contribution in [2.24, 2.45) is 7.05 Å². The molecule has 0 bridgehead atoms. The van der Waals surface area contributed by atoms with Crippen LogP contribution in [0.15, 0.2) is 41.3 Å². The Balaban J connectivity index is 2.08. The van der Waals surface area contributed by atoms with Crippen LogP contribution < -0.4 is 10.9 Å². The van der Waals surface area contributed by atoms with Crippen molar-refractivity contribution in [2.75, 3.05) is 11.9 Å². The molecular formula is C13H14ClN3O2. The van der Waals surface area contributed by atoms with Crippen molar-refractivity contribution in [3.8, 4) is 0 Å². The third-order valence-electron chi connectivity index (χ3n) is 2.75. The van der Waals surface area contributed by atoms with Crippen molar-refractivity contribution < 1.29 is 5.11 Å². The Kier molecular flexibility index (Phi) is 4.19. The molecule has 0 fully saturated rings. The number of benzene rings is 1. The van der Waals surface area contributed by atoms with Gasteiger partial charge in [-0.3, -0.25) is 4.79 Å². The van der Waals surface area contributed by atoms with Crippen molar-refractivity contribution in [1.82, 2.24) is 9.78 Å². The fourth-order valence-corrected chi connectivity index (χ4v) is 1.87. The first-order valence-electron chi connectivity index (χ1n) is 5.78. The predicted molar refractivity (Wildman–Crippen MR) is 74.4 cm³/mol. The number of halogens is 1. The molecule has 5 nitrogen and oxygen atoms in total. The molecule has 2 N–H and O–H groups in total. The fourth-order valence-electron chi connectivity index (χ4n) is 1.63. The standard InChI is InChI=1S/C13H14ClN3O2/c1-17-13(19)12(14)10(7-16-17)15-8-11(18)9-5-3-2-4-6-9/h2-7,11,15,18H,8H2,1H3. The minimum absolute atomic E-state index is 0.0674. The summed E-state index contributed by atoms with van der Waals surface area (Å²) in [4.78, 5) is 11.6. The summed E-state index contributed by atoms with van der Waals surface area (Å²) in [6, 6.07) is 9.24. The number of aromatic nitrogens is 2. The fraction of sp³-hybridized carbons (Fsp3) is 0.231. The molecule has 0 saturated carbocycles. The van der Waals surface area contributed by atoms with Gasteiger partial charge in [0.15, 0.2) is 0 Å². The average Bonchev–Trinajstić information content (AvgIpc) is 2.45. The van der Waals surface area contributed by atoms with Gasteiger partial charge in [0.05, 0.1) is 18.0 Å². The van der Waals surface area contributed by atoms with E-state index in [-0.39, 0.29) is 17.1 Å². The van der Waals surface area contributed by atoms with Gasteiger partial charge in [-0.1, -0.05) is 41.9 Å². The quantitative estimate of drug-likeness (QED) is 0.892. The largest absolute Gasteiger partial charge is 0.387 e. The van der Waals surface area contributed by atoms with Crippen LogP contribution >= 0.6 is 11.6 Å². The van der Waals surface area contributed by atoms with Gasteiger partial charge >= 0.3 is 0 Å². The molecule has 1 heterocycles. The Morgan fingerprint density at radius 2 is 2.11 bits per heavy atom. The highest BCUT2D eigenvalue weighted by Crippen LogP contribution is 2.17. The molecule has 0 aliphatic rings. The highest BCUT2D eigenvalue weighted by Gasteiger charge is 2.10. The Morgan fingerprint density at radius 3 is 2.79 bits per heavy atom. The Bertz CT molecular complexity index is 613. The van der Waals surface area contributed by atoms with E-state index in [2.05, 4.69) is 10.4 Å². The molecule has 0 aliphatic heterocycles. The normalized spacial score (nSPS) is 12.2. The molecule has 1 aromatic heterocycles. The van der Waals surface area contributed by atoms with Gasteiger partial charge in [0, 0.05) is 13.6 Å². The van der Waals surface area contributed by atoms with E-state index in [0.29, 0.717) is 5.69 Å². The molecule has 6 heteroatoms. The molecule has 1 unspecified atom stereocenters. The van der Waals surface area contributed by atoms with E-state index < -0.39 is 6.10 Å². The van der Waals surface area contributed by atoms with Crippen LogP contribution in [-0.4, -0.2) is 21.4 Å². The molecule has 0 spiro atoms. The Hall–Kier alpha value is -1.85. The maximum Gasteiger partial charge on any atom is 0.287 e. The van der Waals surface area contributed by atoms with E-state index in [1.165, 1.54) is 13.2 Å². The maximum absolute atomic E-state index is 11.6. The van der Waals surface area contributed by atoms with E-state index in [1.807, 2.05) is 30.3 Å². The molecular weight excluding hydrogens is 266 g/mol. The lowest BCUT2D eigenvalue weighted by molar-refractivity contribution is 0.191. The molecule has 0 saturated heterocycles. The second-order valence-electron chi connectivity index (χ2n) is 4.11. The lowest BCUT2D eigenvalue weighted by Gasteiger charge is -2.13. The SMILES string of the molecule is Cn1ncc(NCC(O)c2ccccc2)c(Cl)c1=O. The summed E-state index contributed by atoms with van der Waals surface area (Å²) in [5.41, 5.74) is 0.837. The van der Waals surface area contributed by atoms with Crippen molar-refractivity contribution in [2.45, 2.75) is 6.10 Å². The number of hydrogen-bond donors (Lipinski definition) is 2. The highest BCUT2D eigenvalue weighted by atomic mass is 35.5. The second-order valence-corrected chi connectivity index (χ2v) is 4.49. The van der Waals surface area contributed by atoms with E-state index in [0.717, 1.165) is 10.2 Å². The predicted octanol–water partition coefficient (Wildman–Crippen LogP) is 1.58. The van der Waals surface area contributed by atoms with E-state index >= 15 is 0 Å². The minimum Gasteiger partial charge on any atom is -0.387 e. The van der Waals surface area contributed by atoms with Gasteiger partial charge in [0.1, 0.15) is 5.02 Å². The zero-order valence-electron chi connectivity index (χ0n) is 10.4. The van der Waals surface area contributed by atoms with Crippen LogP contribution in [0.2, 0.25) is 5.02 Å². The Morgan fingerprint density at radius 1 is 1.42 bits per heavy atom. The van der Waals surface area contributed by atoms with Gasteiger partial charge in [-0.15, -0.1) is 0 Å². The summed E-state index contributed by atoms with van der Waals surface area (Å²) in [5, 5.41) is 16.8. The van der Waals surface area contributed by atoms with E-state index in [4.69, 9.17) is 11.6 Å². The number of aliphatic hydroxyl groups excluding tert-OH is 1. The van der Waals surface area contributed by atoms with Crippen LogP contribution in [0, 0.1) is 0 Å². The zero-order chi connectivity index (χ0) is 13.8. The molecule has 19 heavy (non-hydrogen) atoms. The molecule has 2 rings (SSSR count). The first-order chi connectivity index (χ1) is 9.09. The first-order valence-corrected chi connectivity index (χ1v) is 6.16. The van der Waals surface area contributed by atoms with Crippen molar-refractivity contribution >= 4 is 17.3 Å². The van der Waals surface area contributed by atoms with Crippen LogP contribution in [0.1, 0.15) is 11.7 Å². The van der Waals surface area contributed by atoms with Gasteiger partial charge in [-0.2, -0.15) is 5.10 Å². The molecule has 1 aromatic carbocycles. The van der Waals surface area contributed by atoms with Crippen LogP contribution in [0.25, 0.3) is 0 Å². The number of anilines is 1. The summed E-state index contributed by atoms with van der Waals surface area (Å²) < 4.78 is 1.15. The first kappa shape index (κ1) is 13.6. The van der Waals surface area contributed by atoms with Gasteiger partial charge in [-0.05, 0) is 5.56 Å². The zero-order valence-corrected chi connectivity index (χ0v) is 11.1. The summed E-state index contributed by atoms with van der Waals surface area (Å²) in [7, 11) is 1.52. The minimum atomic E-state index is -0.679. The molecule has 0 radical (unpaired) electrons. The summed E-state index contributed by atoms with van der Waals surface area (Å²) in [6.07, 6.45) is 0.780. The average molecular weight is 280 g/mol. The molecule has 0 amide bonds. The molecule has 0 aliphatic carbocycles. The molecule has 100 valence electrons. The summed E-state index contributed by atoms with van der Waals surface area (Å²) in [6.45, 7) is 0.249. The van der Waals surface area contributed by atoms with E-state index in [1.54, 1.807) is 0 Å². The van der Waals surface area contributed by atoms with Crippen molar-refractivity contribution in [1.29, 1.82) is 0 Å². The van der Waals surface area contributed by atoms with Crippen molar-refractivity contribution in [3.05, 3.63) is 57.5 Å². The second kappa shape index (κ2) is 5.86. The highest BCUT2D eigenvalue weighted by molar-refractivity contribution is 6.32. The third kappa shape index (κ3) is 3.13. The van der Waals surface area contributed by atoms with E-state index in [9.17, 15) is 9.90 Å². The van der Waals surface area contributed by atoms with Gasteiger partial charge < -0.3 is 10.4 Å². The maximum atomic E-state index is 11.6. The third-order valence-corrected chi connectivity index (χ3v) is 3.11. The molecule has 1 atom stereocenters. The van der Waals surface area contributed by atoms with Crippen LogP contribution in [0.3, 0.4) is 0 Å². The smallest absolute Gasteiger partial charge is 0.287 e. The Labute approximate surface area is 115 Å². The van der Waals surface area contributed by atoms with Gasteiger partial charge in [-0.25, -0.2) is 4.68 Å². The lowest BCUT2D eigenvalue weighted by Crippen LogP contribution is -2.22. The summed E-state index contributed by atoms with van der Waals surface area (Å²) in [5.74, 6) is 0.